The van der Waals surface area contributed by atoms with E-state index in [4.69, 9.17) is 5.11 Å². The van der Waals surface area contributed by atoms with Crippen LogP contribution < -0.4 is 5.32 Å². The lowest BCUT2D eigenvalue weighted by Crippen LogP contribution is -2.08. The molecule has 0 saturated heterocycles. The first-order chi connectivity index (χ1) is 10.6. The molecule has 4 nitrogen and oxygen atoms in total. The van der Waals surface area contributed by atoms with Gasteiger partial charge in [-0.05, 0) is 17.7 Å². The Bertz CT molecular complexity index is 634. The van der Waals surface area contributed by atoms with Gasteiger partial charge >= 0.3 is 5.97 Å². The van der Waals surface area contributed by atoms with E-state index in [2.05, 4.69) is 11.9 Å². The maximum Gasteiger partial charge on any atom is 0.328 e. The lowest BCUT2D eigenvalue weighted by Gasteiger charge is -1.99. The number of benzene rings is 2. The van der Waals surface area contributed by atoms with E-state index in [1.807, 2.05) is 42.5 Å². The van der Waals surface area contributed by atoms with Gasteiger partial charge in [-0.3, -0.25) is 4.79 Å². The Balaban J connectivity index is 0.000000255. The highest BCUT2D eigenvalue weighted by Gasteiger charge is 1.96. The first-order valence-electron chi connectivity index (χ1n) is 6.56. The van der Waals surface area contributed by atoms with Gasteiger partial charge in [0.25, 0.3) is 0 Å². The van der Waals surface area contributed by atoms with Crippen molar-refractivity contribution < 1.29 is 14.7 Å². The van der Waals surface area contributed by atoms with Crippen molar-refractivity contribution in [1.29, 1.82) is 0 Å². The number of rotatable bonds is 4. The summed E-state index contributed by atoms with van der Waals surface area (Å²) in [6, 6.07) is 18.8. The van der Waals surface area contributed by atoms with Gasteiger partial charge in [0.2, 0.25) is 5.91 Å². The first-order valence-corrected chi connectivity index (χ1v) is 6.56. The molecular formula is C18H17NO3. The average Bonchev–Trinajstić information content (AvgIpc) is 2.55. The number of amides is 1. The van der Waals surface area contributed by atoms with Crippen LogP contribution in [0.3, 0.4) is 0 Å². The highest BCUT2D eigenvalue weighted by molar-refractivity contribution is 6.02. The van der Waals surface area contributed by atoms with Crippen molar-refractivity contribution in [1.82, 2.24) is 0 Å². The van der Waals surface area contributed by atoms with Crippen molar-refractivity contribution in [2.24, 2.45) is 0 Å². The lowest BCUT2D eigenvalue weighted by molar-refractivity contribution is -0.131. The number of carboxylic acid groups (broad SMARTS) is 1. The normalized spacial score (nSPS) is 9.45. The Morgan fingerprint density at radius 3 is 1.91 bits per heavy atom. The molecule has 0 atom stereocenters. The minimum Gasteiger partial charge on any atom is -0.478 e. The Morgan fingerprint density at radius 1 is 0.909 bits per heavy atom. The molecule has 0 bridgehead atoms. The molecule has 0 heterocycles. The minimum atomic E-state index is -1.15. The van der Waals surface area contributed by atoms with Gasteiger partial charge in [0.05, 0.1) is 0 Å². The topological polar surface area (TPSA) is 66.4 Å². The number of para-hydroxylation sites is 1. The van der Waals surface area contributed by atoms with Gasteiger partial charge in [0, 0.05) is 17.8 Å². The van der Waals surface area contributed by atoms with Gasteiger partial charge in [-0.25, -0.2) is 4.79 Å². The molecule has 0 saturated carbocycles. The maximum absolute atomic E-state index is 11.1. The number of carboxylic acids is 1. The molecule has 4 heteroatoms. The fourth-order valence-corrected chi connectivity index (χ4v) is 1.44. The summed E-state index contributed by atoms with van der Waals surface area (Å²) in [5.41, 5.74) is 1.81. The molecule has 0 aromatic heterocycles. The van der Waals surface area contributed by atoms with Crippen LogP contribution in [0.4, 0.5) is 5.69 Å². The van der Waals surface area contributed by atoms with Crippen LogP contribution in [-0.4, -0.2) is 17.0 Å². The molecule has 0 fully saturated rings. The van der Waals surface area contributed by atoms with Crippen LogP contribution in [0.25, 0.3) is 6.08 Å². The van der Waals surface area contributed by atoms with Gasteiger partial charge in [-0.2, -0.15) is 0 Å². The minimum absolute atomic E-state index is 0.460. The maximum atomic E-state index is 11.1. The van der Waals surface area contributed by atoms with Crippen LogP contribution in [0, 0.1) is 0 Å². The third-order valence-electron chi connectivity index (χ3n) is 2.45. The molecule has 2 N–H and O–H groups in total. The zero-order chi connectivity index (χ0) is 16.2. The fraction of sp³-hybridized carbons (Fsp3) is 0. The summed E-state index contributed by atoms with van der Waals surface area (Å²) >= 11 is 0. The molecule has 112 valence electrons. The monoisotopic (exact) mass is 295 g/mol. The smallest absolute Gasteiger partial charge is 0.328 e. The molecule has 22 heavy (non-hydrogen) atoms. The van der Waals surface area contributed by atoms with E-state index in [9.17, 15) is 9.59 Å². The zero-order valence-corrected chi connectivity index (χ0v) is 12.0. The van der Waals surface area contributed by atoms with Gasteiger partial charge < -0.3 is 10.4 Å². The number of carbonyl (C=O) groups excluding carboxylic acids is 1. The van der Waals surface area contributed by atoms with Crippen molar-refractivity contribution in [2.75, 3.05) is 5.32 Å². The molecule has 0 unspecified atom stereocenters. The number of hydrogen-bond donors (Lipinski definition) is 2. The van der Waals surface area contributed by atoms with Crippen molar-refractivity contribution >= 4 is 23.6 Å². The van der Waals surface area contributed by atoms with Crippen LogP contribution in [0.2, 0.25) is 0 Å². The molecule has 0 aliphatic rings. The summed E-state index contributed by atoms with van der Waals surface area (Å²) in [6.45, 7) is 3.63. The summed E-state index contributed by atoms with van der Waals surface area (Å²) in [5, 5.41) is 10.8. The van der Waals surface area contributed by atoms with Crippen molar-refractivity contribution in [3.63, 3.8) is 0 Å². The SMILES string of the molecule is C=Cc1ccccc1.O=C(O)/C=C\C(=O)Nc1ccccc1. The molecule has 0 spiro atoms. The van der Waals surface area contributed by atoms with E-state index in [0.29, 0.717) is 5.69 Å². The Hall–Kier alpha value is -3.14. The first kappa shape index (κ1) is 16.9. The zero-order valence-electron chi connectivity index (χ0n) is 12.0. The number of hydrogen-bond acceptors (Lipinski definition) is 2. The molecule has 0 aliphatic carbocycles. The number of aliphatic carboxylic acids is 1. The van der Waals surface area contributed by atoms with Crippen molar-refractivity contribution in [3.05, 3.63) is 85.0 Å². The Morgan fingerprint density at radius 2 is 1.45 bits per heavy atom. The van der Waals surface area contributed by atoms with Crippen LogP contribution >= 0.6 is 0 Å². The van der Waals surface area contributed by atoms with Crippen molar-refractivity contribution in [2.45, 2.75) is 0 Å². The van der Waals surface area contributed by atoms with E-state index in [-0.39, 0.29) is 0 Å². The predicted octanol–water partition coefficient (Wildman–Crippen LogP) is 3.60. The highest BCUT2D eigenvalue weighted by Crippen LogP contribution is 2.04. The Kier molecular flexibility index (Phi) is 7.47. The summed E-state index contributed by atoms with van der Waals surface area (Å²) in [4.78, 5) is 21.1. The highest BCUT2D eigenvalue weighted by atomic mass is 16.4. The van der Waals surface area contributed by atoms with Gasteiger partial charge in [-0.1, -0.05) is 61.2 Å². The molecule has 0 radical (unpaired) electrons. The predicted molar refractivity (Wildman–Crippen MR) is 88.4 cm³/mol. The van der Waals surface area contributed by atoms with E-state index in [1.54, 1.807) is 24.3 Å². The van der Waals surface area contributed by atoms with E-state index < -0.39 is 11.9 Å². The van der Waals surface area contributed by atoms with Gasteiger partial charge in [0.1, 0.15) is 0 Å². The standard InChI is InChI=1S/C10H9NO3.C8H8/c12-9(6-7-10(13)14)11-8-4-2-1-3-5-8;1-2-8-6-4-3-5-7-8/h1-7H,(H,11,12)(H,13,14);2-7H,1H2/b7-6-;. The second-order valence-corrected chi connectivity index (χ2v) is 4.14. The number of nitrogens with one attached hydrogen (secondary N) is 1. The summed E-state index contributed by atoms with van der Waals surface area (Å²) in [7, 11) is 0. The van der Waals surface area contributed by atoms with Crippen LogP contribution in [-0.2, 0) is 9.59 Å². The summed E-state index contributed by atoms with van der Waals surface area (Å²) in [6.07, 6.45) is 3.59. The van der Waals surface area contributed by atoms with E-state index in [1.165, 1.54) is 5.56 Å². The molecule has 0 aliphatic heterocycles. The Labute approximate surface area is 129 Å². The number of anilines is 1. The van der Waals surface area contributed by atoms with Crippen LogP contribution in [0.5, 0.6) is 0 Å². The quantitative estimate of drug-likeness (QED) is 0.847. The lowest BCUT2D eigenvalue weighted by atomic mass is 10.2. The average molecular weight is 295 g/mol. The van der Waals surface area contributed by atoms with Crippen molar-refractivity contribution in [3.8, 4) is 0 Å². The molecular weight excluding hydrogens is 278 g/mol. The number of carbonyl (C=O) groups is 2. The van der Waals surface area contributed by atoms with E-state index >= 15 is 0 Å². The fourth-order valence-electron chi connectivity index (χ4n) is 1.44. The second-order valence-electron chi connectivity index (χ2n) is 4.14. The summed E-state index contributed by atoms with van der Waals surface area (Å²) < 4.78 is 0. The van der Waals surface area contributed by atoms with Crippen LogP contribution in [0.15, 0.2) is 79.4 Å². The van der Waals surface area contributed by atoms with Crippen LogP contribution in [0.1, 0.15) is 5.56 Å². The molecule has 2 aromatic carbocycles. The second kappa shape index (κ2) is 9.72. The van der Waals surface area contributed by atoms with E-state index in [0.717, 1.165) is 12.2 Å². The largest absolute Gasteiger partial charge is 0.478 e. The summed E-state index contributed by atoms with van der Waals surface area (Å²) in [5.74, 6) is -1.60. The third kappa shape index (κ3) is 7.45. The third-order valence-corrected chi connectivity index (χ3v) is 2.45. The molecule has 2 aromatic rings. The van der Waals surface area contributed by atoms with Gasteiger partial charge in [0.15, 0.2) is 0 Å². The molecule has 2 rings (SSSR count). The molecule has 1 amide bonds. The van der Waals surface area contributed by atoms with Gasteiger partial charge in [-0.15, -0.1) is 0 Å².